The van der Waals surface area contributed by atoms with Crippen molar-refractivity contribution >= 4 is 5.91 Å². The molecular weight excluding hydrogens is 202 g/mol. The number of aromatic nitrogens is 2. The van der Waals surface area contributed by atoms with Crippen molar-refractivity contribution in [2.45, 2.75) is 13.5 Å². The molecule has 0 aliphatic heterocycles. The largest absolute Gasteiger partial charge is 0.348 e. The predicted molar refractivity (Wildman–Crippen MR) is 60.9 cm³/mol. The van der Waals surface area contributed by atoms with Crippen LogP contribution in [-0.4, -0.2) is 16.1 Å². The minimum absolute atomic E-state index is 0.116. The normalized spacial score (nSPS) is 10.1. The summed E-state index contributed by atoms with van der Waals surface area (Å²) >= 11 is 0. The van der Waals surface area contributed by atoms with Crippen LogP contribution < -0.4 is 5.32 Å². The van der Waals surface area contributed by atoms with Crippen LogP contribution in [0.5, 0.6) is 0 Å². The molecule has 0 aliphatic carbocycles. The SMILES string of the molecule is Cc1cccc(CNC(=O)c2cn[nH]c2)c1. The Hall–Kier alpha value is -2.10. The zero-order valence-corrected chi connectivity index (χ0v) is 9.03. The van der Waals surface area contributed by atoms with Gasteiger partial charge in [-0.15, -0.1) is 0 Å². The monoisotopic (exact) mass is 215 g/mol. The second-order valence-electron chi connectivity index (χ2n) is 3.66. The van der Waals surface area contributed by atoms with Crippen LogP contribution in [0.2, 0.25) is 0 Å². The van der Waals surface area contributed by atoms with Gasteiger partial charge in [-0.25, -0.2) is 0 Å². The lowest BCUT2D eigenvalue weighted by Gasteiger charge is -2.04. The Labute approximate surface area is 93.7 Å². The highest BCUT2D eigenvalue weighted by molar-refractivity contribution is 5.93. The van der Waals surface area contributed by atoms with E-state index in [1.807, 2.05) is 25.1 Å². The summed E-state index contributed by atoms with van der Waals surface area (Å²) in [7, 11) is 0. The number of rotatable bonds is 3. The molecule has 16 heavy (non-hydrogen) atoms. The molecule has 2 rings (SSSR count). The van der Waals surface area contributed by atoms with E-state index >= 15 is 0 Å². The van der Waals surface area contributed by atoms with E-state index in [-0.39, 0.29) is 5.91 Å². The first-order valence-electron chi connectivity index (χ1n) is 5.08. The van der Waals surface area contributed by atoms with E-state index in [0.29, 0.717) is 12.1 Å². The number of aromatic amines is 1. The van der Waals surface area contributed by atoms with E-state index in [2.05, 4.69) is 21.6 Å². The number of benzene rings is 1. The lowest BCUT2D eigenvalue weighted by molar-refractivity contribution is 0.0951. The first-order valence-corrected chi connectivity index (χ1v) is 5.08. The number of carbonyl (C=O) groups is 1. The molecule has 0 bridgehead atoms. The van der Waals surface area contributed by atoms with Crippen LogP contribution in [0.1, 0.15) is 21.5 Å². The topological polar surface area (TPSA) is 57.8 Å². The molecule has 82 valence electrons. The molecule has 0 radical (unpaired) electrons. The van der Waals surface area contributed by atoms with Crippen LogP contribution in [0.4, 0.5) is 0 Å². The van der Waals surface area contributed by atoms with Gasteiger partial charge in [0, 0.05) is 12.7 Å². The average Bonchev–Trinajstić information content (AvgIpc) is 2.79. The van der Waals surface area contributed by atoms with Gasteiger partial charge in [0.1, 0.15) is 0 Å². The number of nitrogens with one attached hydrogen (secondary N) is 2. The molecule has 0 aliphatic rings. The highest BCUT2D eigenvalue weighted by Gasteiger charge is 2.05. The molecular formula is C12H13N3O. The van der Waals surface area contributed by atoms with Crippen molar-refractivity contribution in [3.05, 3.63) is 53.3 Å². The summed E-state index contributed by atoms with van der Waals surface area (Å²) in [5.74, 6) is -0.116. The Morgan fingerprint density at radius 2 is 2.38 bits per heavy atom. The van der Waals surface area contributed by atoms with Crippen LogP contribution in [0.3, 0.4) is 0 Å². The average molecular weight is 215 g/mol. The third-order valence-electron chi connectivity index (χ3n) is 2.30. The first-order chi connectivity index (χ1) is 7.75. The fourth-order valence-corrected chi connectivity index (χ4v) is 1.48. The number of amides is 1. The molecule has 0 saturated carbocycles. The Bertz CT molecular complexity index is 477. The molecule has 1 heterocycles. The van der Waals surface area contributed by atoms with Crippen molar-refractivity contribution in [1.29, 1.82) is 0 Å². The van der Waals surface area contributed by atoms with Gasteiger partial charge in [0.05, 0.1) is 11.8 Å². The second kappa shape index (κ2) is 4.61. The van der Waals surface area contributed by atoms with E-state index in [0.717, 1.165) is 5.56 Å². The number of carbonyl (C=O) groups excluding carboxylic acids is 1. The van der Waals surface area contributed by atoms with Crippen LogP contribution in [0.25, 0.3) is 0 Å². The molecule has 0 spiro atoms. The predicted octanol–water partition coefficient (Wildman–Crippen LogP) is 1.65. The maximum Gasteiger partial charge on any atom is 0.254 e. The zero-order chi connectivity index (χ0) is 11.4. The second-order valence-corrected chi connectivity index (χ2v) is 3.66. The van der Waals surface area contributed by atoms with Crippen LogP contribution >= 0.6 is 0 Å². The summed E-state index contributed by atoms with van der Waals surface area (Å²) in [6.07, 6.45) is 3.08. The molecule has 0 unspecified atom stereocenters. The number of nitrogens with zero attached hydrogens (tertiary/aromatic N) is 1. The van der Waals surface area contributed by atoms with Crippen molar-refractivity contribution in [2.75, 3.05) is 0 Å². The van der Waals surface area contributed by atoms with Gasteiger partial charge in [-0.05, 0) is 12.5 Å². The van der Waals surface area contributed by atoms with Gasteiger partial charge >= 0.3 is 0 Å². The number of hydrogen-bond donors (Lipinski definition) is 2. The third kappa shape index (κ3) is 2.48. The summed E-state index contributed by atoms with van der Waals surface area (Å²) in [4.78, 5) is 11.6. The number of H-pyrrole nitrogens is 1. The molecule has 4 heteroatoms. The molecule has 2 aromatic rings. The fraction of sp³-hybridized carbons (Fsp3) is 0.167. The van der Waals surface area contributed by atoms with Gasteiger partial charge in [0.25, 0.3) is 5.91 Å². The van der Waals surface area contributed by atoms with Gasteiger partial charge < -0.3 is 5.32 Å². The minimum Gasteiger partial charge on any atom is -0.348 e. The van der Waals surface area contributed by atoms with Crippen molar-refractivity contribution in [3.63, 3.8) is 0 Å². The number of aryl methyl sites for hydroxylation is 1. The fourth-order valence-electron chi connectivity index (χ4n) is 1.48. The summed E-state index contributed by atoms with van der Waals surface area (Å²) in [5, 5.41) is 9.16. The van der Waals surface area contributed by atoms with Crippen molar-refractivity contribution < 1.29 is 4.79 Å². The van der Waals surface area contributed by atoms with Crippen LogP contribution in [0.15, 0.2) is 36.7 Å². The highest BCUT2D eigenvalue weighted by Crippen LogP contribution is 2.03. The standard InChI is InChI=1S/C12H13N3O/c1-9-3-2-4-10(5-9)6-13-12(16)11-7-14-15-8-11/h2-5,7-8H,6H2,1H3,(H,13,16)(H,14,15). The van der Waals surface area contributed by atoms with Gasteiger partial charge in [-0.3, -0.25) is 9.89 Å². The molecule has 2 N–H and O–H groups in total. The van der Waals surface area contributed by atoms with E-state index in [1.54, 1.807) is 6.20 Å². The Morgan fingerprint density at radius 1 is 1.50 bits per heavy atom. The highest BCUT2D eigenvalue weighted by atomic mass is 16.1. The minimum atomic E-state index is -0.116. The van der Waals surface area contributed by atoms with Crippen LogP contribution in [-0.2, 0) is 6.54 Å². The summed E-state index contributed by atoms with van der Waals surface area (Å²) in [5.41, 5.74) is 2.83. The quantitative estimate of drug-likeness (QED) is 0.817. The Kier molecular flexibility index (Phi) is 3.00. The maximum atomic E-state index is 11.6. The third-order valence-corrected chi connectivity index (χ3v) is 2.30. The summed E-state index contributed by atoms with van der Waals surface area (Å²) in [6.45, 7) is 2.56. The van der Waals surface area contributed by atoms with E-state index in [4.69, 9.17) is 0 Å². The zero-order valence-electron chi connectivity index (χ0n) is 9.03. The van der Waals surface area contributed by atoms with E-state index in [1.165, 1.54) is 11.8 Å². The smallest absolute Gasteiger partial charge is 0.254 e. The summed E-state index contributed by atoms with van der Waals surface area (Å²) < 4.78 is 0. The van der Waals surface area contributed by atoms with Crippen molar-refractivity contribution in [2.24, 2.45) is 0 Å². The van der Waals surface area contributed by atoms with Crippen molar-refractivity contribution in [3.8, 4) is 0 Å². The molecule has 1 aromatic carbocycles. The maximum absolute atomic E-state index is 11.6. The molecule has 1 aromatic heterocycles. The van der Waals surface area contributed by atoms with E-state index < -0.39 is 0 Å². The van der Waals surface area contributed by atoms with Gasteiger partial charge in [-0.1, -0.05) is 29.8 Å². The van der Waals surface area contributed by atoms with Crippen molar-refractivity contribution in [1.82, 2.24) is 15.5 Å². The molecule has 0 fully saturated rings. The van der Waals surface area contributed by atoms with E-state index in [9.17, 15) is 4.79 Å². The summed E-state index contributed by atoms with van der Waals surface area (Å²) in [6, 6.07) is 8.05. The Balaban J connectivity index is 1.95. The molecule has 1 amide bonds. The molecule has 0 saturated heterocycles. The van der Waals surface area contributed by atoms with Gasteiger partial charge in [-0.2, -0.15) is 5.10 Å². The Morgan fingerprint density at radius 3 is 3.06 bits per heavy atom. The first kappa shape index (κ1) is 10.4. The van der Waals surface area contributed by atoms with Gasteiger partial charge in [0.2, 0.25) is 0 Å². The lowest BCUT2D eigenvalue weighted by atomic mass is 10.1. The van der Waals surface area contributed by atoms with Gasteiger partial charge in [0.15, 0.2) is 0 Å². The molecule has 0 atom stereocenters. The lowest BCUT2D eigenvalue weighted by Crippen LogP contribution is -2.22. The number of hydrogen-bond acceptors (Lipinski definition) is 2. The van der Waals surface area contributed by atoms with Crippen LogP contribution in [0, 0.1) is 6.92 Å². The molecule has 4 nitrogen and oxygen atoms in total.